The summed E-state index contributed by atoms with van der Waals surface area (Å²) in [7, 11) is 0. The largest absolute Gasteiger partial charge is 0.408 e. The minimum atomic E-state index is -4.48. The van der Waals surface area contributed by atoms with E-state index in [4.69, 9.17) is 5.73 Å². The fourth-order valence-corrected chi connectivity index (χ4v) is 1.99. The number of amides is 1. The molecule has 1 aromatic rings. The van der Waals surface area contributed by atoms with Gasteiger partial charge in [-0.25, -0.2) is 0 Å². The van der Waals surface area contributed by atoms with Crippen LogP contribution in [0.1, 0.15) is 31.7 Å². The molecule has 1 rings (SSSR count). The van der Waals surface area contributed by atoms with Crippen LogP contribution in [0.5, 0.6) is 0 Å². The number of hydrogen-bond acceptors (Lipinski definition) is 2. The average Bonchev–Trinajstić information content (AvgIpc) is 2.43. The number of nitrogens with one attached hydrogen (secondary N) is 1. The summed E-state index contributed by atoms with van der Waals surface area (Å²) in [6.07, 6.45) is -3.41. The van der Waals surface area contributed by atoms with E-state index < -0.39 is 24.2 Å². The molecule has 3 N–H and O–H groups in total. The maximum atomic E-state index is 13.0. The fraction of sp³-hybridized carbons (Fsp3) is 0.533. The second-order valence-electron chi connectivity index (χ2n) is 5.02. The van der Waals surface area contributed by atoms with E-state index in [0.717, 1.165) is 5.56 Å². The Morgan fingerprint density at radius 3 is 2.32 bits per heavy atom. The van der Waals surface area contributed by atoms with Crippen LogP contribution < -0.4 is 11.1 Å². The molecule has 22 heavy (non-hydrogen) atoms. The Bertz CT molecular complexity index is 440. The number of aryl methyl sites for hydroxylation is 1. The SMILES string of the molecule is CCCC(N)C(=O)NC(CCc1ccccc1)C(F)(F)F.Cl. The van der Waals surface area contributed by atoms with E-state index in [-0.39, 0.29) is 25.2 Å². The second-order valence-corrected chi connectivity index (χ2v) is 5.02. The molecule has 0 aromatic heterocycles. The number of carbonyl (C=O) groups is 1. The summed E-state index contributed by atoms with van der Waals surface area (Å²) in [5, 5.41) is 2.02. The monoisotopic (exact) mass is 338 g/mol. The highest BCUT2D eigenvalue weighted by Gasteiger charge is 2.40. The van der Waals surface area contributed by atoms with Crippen LogP contribution in [0.3, 0.4) is 0 Å². The lowest BCUT2D eigenvalue weighted by Crippen LogP contribution is -2.51. The molecule has 7 heteroatoms. The van der Waals surface area contributed by atoms with Crippen LogP contribution in [0.25, 0.3) is 0 Å². The van der Waals surface area contributed by atoms with Gasteiger partial charge in [0.05, 0.1) is 6.04 Å². The maximum Gasteiger partial charge on any atom is 0.408 e. The van der Waals surface area contributed by atoms with Gasteiger partial charge >= 0.3 is 6.18 Å². The molecule has 0 saturated carbocycles. The van der Waals surface area contributed by atoms with Gasteiger partial charge in [0.2, 0.25) is 5.91 Å². The van der Waals surface area contributed by atoms with Crippen molar-refractivity contribution in [1.82, 2.24) is 5.32 Å². The molecule has 1 aromatic carbocycles. The van der Waals surface area contributed by atoms with Crippen LogP contribution in [-0.4, -0.2) is 24.2 Å². The van der Waals surface area contributed by atoms with Gasteiger partial charge in [-0.3, -0.25) is 4.79 Å². The molecule has 0 fully saturated rings. The molecule has 0 heterocycles. The van der Waals surface area contributed by atoms with Gasteiger partial charge in [0.15, 0.2) is 0 Å². The van der Waals surface area contributed by atoms with Crippen LogP contribution in [0.2, 0.25) is 0 Å². The Balaban J connectivity index is 0.00000441. The van der Waals surface area contributed by atoms with Crippen LogP contribution in [0, 0.1) is 0 Å². The van der Waals surface area contributed by atoms with Crippen LogP contribution in [-0.2, 0) is 11.2 Å². The summed E-state index contributed by atoms with van der Waals surface area (Å²) in [5.74, 6) is -0.743. The Morgan fingerprint density at radius 2 is 1.82 bits per heavy atom. The maximum absolute atomic E-state index is 13.0. The highest BCUT2D eigenvalue weighted by molar-refractivity contribution is 5.85. The van der Waals surface area contributed by atoms with E-state index in [1.54, 1.807) is 30.3 Å². The van der Waals surface area contributed by atoms with E-state index in [1.807, 2.05) is 12.2 Å². The molecule has 1 amide bonds. The fourth-order valence-electron chi connectivity index (χ4n) is 1.99. The molecular weight excluding hydrogens is 317 g/mol. The van der Waals surface area contributed by atoms with E-state index in [0.29, 0.717) is 12.8 Å². The number of benzene rings is 1. The smallest absolute Gasteiger partial charge is 0.343 e. The molecular formula is C15H22ClF3N2O. The van der Waals surface area contributed by atoms with Crippen molar-refractivity contribution >= 4 is 18.3 Å². The summed E-state index contributed by atoms with van der Waals surface area (Å²) >= 11 is 0. The third-order valence-electron chi connectivity index (χ3n) is 3.21. The molecule has 3 nitrogen and oxygen atoms in total. The number of alkyl halides is 3. The summed E-state index contributed by atoms with van der Waals surface area (Å²) in [5.41, 5.74) is 6.35. The van der Waals surface area contributed by atoms with Crippen molar-refractivity contribution in [2.75, 3.05) is 0 Å². The minimum Gasteiger partial charge on any atom is -0.343 e. The van der Waals surface area contributed by atoms with Crippen molar-refractivity contribution in [3.8, 4) is 0 Å². The lowest BCUT2D eigenvalue weighted by atomic mass is 10.0. The van der Waals surface area contributed by atoms with Gasteiger partial charge in [-0.15, -0.1) is 12.4 Å². The van der Waals surface area contributed by atoms with Crippen molar-refractivity contribution in [3.05, 3.63) is 35.9 Å². The lowest BCUT2D eigenvalue weighted by molar-refractivity contribution is -0.163. The lowest BCUT2D eigenvalue weighted by Gasteiger charge is -2.23. The first-order valence-corrected chi connectivity index (χ1v) is 7.01. The predicted molar refractivity (Wildman–Crippen MR) is 82.9 cm³/mol. The summed E-state index contributed by atoms with van der Waals surface area (Å²) in [6.45, 7) is 1.82. The molecule has 2 unspecified atom stereocenters. The first-order chi connectivity index (χ1) is 9.84. The summed E-state index contributed by atoms with van der Waals surface area (Å²) < 4.78 is 38.9. The van der Waals surface area contributed by atoms with E-state index in [1.165, 1.54) is 0 Å². The molecule has 0 bridgehead atoms. The zero-order valence-electron chi connectivity index (χ0n) is 12.4. The van der Waals surface area contributed by atoms with Crippen molar-refractivity contribution in [2.24, 2.45) is 5.73 Å². The molecule has 126 valence electrons. The highest BCUT2D eigenvalue weighted by atomic mass is 35.5. The topological polar surface area (TPSA) is 55.1 Å². The zero-order valence-corrected chi connectivity index (χ0v) is 13.2. The quantitative estimate of drug-likeness (QED) is 0.802. The molecule has 0 aliphatic carbocycles. The highest BCUT2D eigenvalue weighted by Crippen LogP contribution is 2.24. The Morgan fingerprint density at radius 1 is 1.23 bits per heavy atom. The van der Waals surface area contributed by atoms with E-state index in [9.17, 15) is 18.0 Å². The van der Waals surface area contributed by atoms with Gasteiger partial charge < -0.3 is 11.1 Å². The number of carbonyl (C=O) groups excluding carboxylic acids is 1. The Labute approximate surface area is 134 Å². The Hall–Kier alpha value is -1.27. The first-order valence-electron chi connectivity index (χ1n) is 7.01. The second kappa shape index (κ2) is 9.69. The number of rotatable bonds is 7. The van der Waals surface area contributed by atoms with Crippen LogP contribution >= 0.6 is 12.4 Å². The van der Waals surface area contributed by atoms with Crippen molar-refractivity contribution in [2.45, 2.75) is 50.9 Å². The number of nitrogens with two attached hydrogens (primary N) is 1. The molecule has 0 aliphatic heterocycles. The Kier molecular flexibility index (Phi) is 9.13. The van der Waals surface area contributed by atoms with Gasteiger partial charge in [-0.1, -0.05) is 43.7 Å². The third-order valence-corrected chi connectivity index (χ3v) is 3.21. The zero-order chi connectivity index (χ0) is 15.9. The molecule has 0 aliphatic rings. The molecule has 0 radical (unpaired) electrons. The van der Waals surface area contributed by atoms with Gasteiger partial charge in [-0.05, 0) is 24.8 Å². The molecule has 2 atom stereocenters. The minimum absolute atomic E-state index is 0. The normalized spacial score (nSPS) is 13.9. The van der Waals surface area contributed by atoms with Crippen molar-refractivity contribution < 1.29 is 18.0 Å². The van der Waals surface area contributed by atoms with Gasteiger partial charge in [0.1, 0.15) is 6.04 Å². The van der Waals surface area contributed by atoms with Gasteiger partial charge in [-0.2, -0.15) is 13.2 Å². The number of halogens is 4. The average molecular weight is 339 g/mol. The van der Waals surface area contributed by atoms with Crippen LogP contribution in [0.4, 0.5) is 13.2 Å². The standard InChI is InChI=1S/C15H21F3N2O.ClH/c1-2-6-12(19)14(21)20-13(15(16,17)18)10-9-11-7-4-3-5-8-11;/h3-5,7-8,12-13H,2,6,9-10,19H2,1H3,(H,20,21);1H. The first kappa shape index (κ1) is 20.7. The predicted octanol–water partition coefficient (Wildman–Crippen LogP) is 3.22. The van der Waals surface area contributed by atoms with Gasteiger partial charge in [0.25, 0.3) is 0 Å². The number of hydrogen-bond donors (Lipinski definition) is 2. The van der Waals surface area contributed by atoms with Crippen LogP contribution in [0.15, 0.2) is 30.3 Å². The molecule has 0 saturated heterocycles. The third kappa shape index (κ3) is 7.13. The summed E-state index contributed by atoms with van der Waals surface area (Å²) in [6, 6.07) is 6.11. The van der Waals surface area contributed by atoms with Crippen molar-refractivity contribution in [1.29, 1.82) is 0 Å². The van der Waals surface area contributed by atoms with Crippen molar-refractivity contribution in [3.63, 3.8) is 0 Å². The summed E-state index contributed by atoms with van der Waals surface area (Å²) in [4.78, 5) is 11.7. The molecule has 0 spiro atoms. The van der Waals surface area contributed by atoms with E-state index in [2.05, 4.69) is 0 Å². The van der Waals surface area contributed by atoms with Gasteiger partial charge in [0, 0.05) is 0 Å². The van der Waals surface area contributed by atoms with E-state index >= 15 is 0 Å².